The summed E-state index contributed by atoms with van der Waals surface area (Å²) in [6, 6.07) is 5.41. The number of halogens is 1. The molecule has 1 aromatic carbocycles. The number of benzene rings is 1. The normalized spacial score (nSPS) is 21.4. The molecule has 1 amide bonds. The largest absolute Gasteiger partial charge is 0.484 e. The summed E-state index contributed by atoms with van der Waals surface area (Å²) in [6.45, 7) is -0.344. The molecule has 1 saturated heterocycles. The lowest BCUT2D eigenvalue weighted by Gasteiger charge is -2.24. The van der Waals surface area contributed by atoms with Crippen LogP contribution in [-0.2, 0) is 9.59 Å². The minimum absolute atomic E-state index is 0.227. The van der Waals surface area contributed by atoms with E-state index in [4.69, 9.17) is 4.74 Å². The van der Waals surface area contributed by atoms with Crippen LogP contribution in [0.25, 0.3) is 0 Å². The first kappa shape index (κ1) is 14.6. The monoisotopic (exact) mass is 299 g/mol. The average Bonchev–Trinajstić information content (AvgIpc) is 2.86. The molecule has 2 N–H and O–H groups in total. The molecule has 0 aliphatic carbocycles. The van der Waals surface area contributed by atoms with Crippen molar-refractivity contribution < 1.29 is 23.8 Å². The highest BCUT2D eigenvalue weighted by Crippen LogP contribution is 2.28. The van der Waals surface area contributed by atoms with Gasteiger partial charge in [-0.15, -0.1) is 0 Å². The van der Waals surface area contributed by atoms with Crippen molar-refractivity contribution in [2.75, 3.05) is 18.1 Å². The van der Waals surface area contributed by atoms with E-state index < -0.39 is 23.2 Å². The molecule has 5 nitrogen and oxygen atoms in total. The predicted octanol–water partition coefficient (Wildman–Crippen LogP) is 1.28. The fourth-order valence-electron chi connectivity index (χ4n) is 1.89. The van der Waals surface area contributed by atoms with E-state index in [1.807, 2.05) is 0 Å². The minimum Gasteiger partial charge on any atom is -0.484 e. The van der Waals surface area contributed by atoms with Crippen molar-refractivity contribution in [1.82, 2.24) is 5.32 Å². The Morgan fingerprint density at radius 1 is 1.50 bits per heavy atom. The van der Waals surface area contributed by atoms with Crippen molar-refractivity contribution in [3.05, 3.63) is 30.1 Å². The Labute approximate surface area is 119 Å². The third-order valence-electron chi connectivity index (χ3n) is 2.98. The van der Waals surface area contributed by atoms with Crippen molar-refractivity contribution in [2.45, 2.75) is 12.0 Å². The van der Waals surface area contributed by atoms with E-state index in [0.29, 0.717) is 17.9 Å². The van der Waals surface area contributed by atoms with E-state index in [1.165, 1.54) is 30.0 Å². The third kappa shape index (κ3) is 3.41. The Hall–Kier alpha value is -1.76. The Morgan fingerprint density at radius 2 is 2.30 bits per heavy atom. The Morgan fingerprint density at radius 3 is 2.90 bits per heavy atom. The van der Waals surface area contributed by atoms with Crippen LogP contribution in [0.3, 0.4) is 0 Å². The van der Waals surface area contributed by atoms with Crippen LogP contribution in [0.1, 0.15) is 6.42 Å². The van der Waals surface area contributed by atoms with Gasteiger partial charge in [0.25, 0.3) is 5.91 Å². The van der Waals surface area contributed by atoms with Gasteiger partial charge in [0.2, 0.25) is 0 Å². The van der Waals surface area contributed by atoms with Crippen LogP contribution in [-0.4, -0.2) is 40.6 Å². The van der Waals surface area contributed by atoms with Gasteiger partial charge in [-0.05, 0) is 24.3 Å². The quantitative estimate of drug-likeness (QED) is 0.856. The summed E-state index contributed by atoms with van der Waals surface area (Å²) in [4.78, 5) is 23.0. The summed E-state index contributed by atoms with van der Waals surface area (Å²) < 4.78 is 18.1. The van der Waals surface area contributed by atoms with Gasteiger partial charge in [0.15, 0.2) is 6.61 Å². The minimum atomic E-state index is -1.22. The average molecular weight is 299 g/mol. The van der Waals surface area contributed by atoms with Crippen LogP contribution in [0.5, 0.6) is 5.75 Å². The summed E-state index contributed by atoms with van der Waals surface area (Å²) in [6.07, 6.45) is 0.388. The maximum atomic E-state index is 12.9. The maximum absolute atomic E-state index is 12.9. The van der Waals surface area contributed by atoms with Gasteiger partial charge in [0.1, 0.15) is 17.1 Å². The lowest BCUT2D eigenvalue weighted by molar-refractivity contribution is -0.146. The molecule has 0 saturated carbocycles. The van der Waals surface area contributed by atoms with Crippen LogP contribution in [0.4, 0.5) is 4.39 Å². The molecule has 0 radical (unpaired) electrons. The van der Waals surface area contributed by atoms with Crippen LogP contribution in [0, 0.1) is 5.82 Å². The molecule has 1 unspecified atom stereocenters. The molecule has 1 aliphatic rings. The highest BCUT2D eigenvalue weighted by Gasteiger charge is 2.43. The molecule has 7 heteroatoms. The number of aliphatic carboxylic acids is 1. The number of hydrogen-bond donors (Lipinski definition) is 2. The van der Waals surface area contributed by atoms with Gasteiger partial charge in [0, 0.05) is 11.8 Å². The lowest BCUT2D eigenvalue weighted by atomic mass is 9.99. The highest BCUT2D eigenvalue weighted by molar-refractivity contribution is 7.99. The zero-order valence-corrected chi connectivity index (χ0v) is 11.4. The number of carboxylic acid groups (broad SMARTS) is 1. The zero-order chi connectivity index (χ0) is 14.6. The molecule has 2 rings (SSSR count). The first-order valence-electron chi connectivity index (χ1n) is 6.02. The van der Waals surface area contributed by atoms with Crippen molar-refractivity contribution >= 4 is 23.6 Å². The van der Waals surface area contributed by atoms with E-state index in [1.54, 1.807) is 0 Å². The standard InChI is InChI=1S/C13H14FNO4S/c14-9-2-1-3-10(6-9)19-7-11(16)15-13(12(17)18)4-5-20-8-13/h1-3,6H,4-5,7-8H2,(H,15,16)(H,17,18). The smallest absolute Gasteiger partial charge is 0.330 e. The summed E-state index contributed by atoms with van der Waals surface area (Å²) >= 11 is 1.48. The number of carbonyl (C=O) groups is 2. The zero-order valence-electron chi connectivity index (χ0n) is 10.6. The van der Waals surface area contributed by atoms with Gasteiger partial charge in [-0.25, -0.2) is 9.18 Å². The van der Waals surface area contributed by atoms with Crippen molar-refractivity contribution in [1.29, 1.82) is 0 Å². The molecular formula is C13H14FNO4S. The number of rotatable bonds is 5. The molecule has 0 spiro atoms. The first-order valence-corrected chi connectivity index (χ1v) is 7.18. The molecule has 0 aromatic heterocycles. The molecule has 1 aliphatic heterocycles. The van der Waals surface area contributed by atoms with Gasteiger partial charge < -0.3 is 15.2 Å². The Bertz CT molecular complexity index is 517. The number of hydrogen-bond acceptors (Lipinski definition) is 4. The third-order valence-corrected chi connectivity index (χ3v) is 4.17. The fraction of sp³-hybridized carbons (Fsp3) is 0.385. The second-order valence-corrected chi connectivity index (χ2v) is 5.59. The summed E-state index contributed by atoms with van der Waals surface area (Å²) in [5.41, 5.74) is -1.22. The maximum Gasteiger partial charge on any atom is 0.330 e. The molecule has 20 heavy (non-hydrogen) atoms. The number of thioether (sulfide) groups is 1. The van der Waals surface area contributed by atoms with Crippen molar-refractivity contribution in [3.63, 3.8) is 0 Å². The number of ether oxygens (including phenoxy) is 1. The Kier molecular flexibility index (Phi) is 4.49. The van der Waals surface area contributed by atoms with E-state index in [2.05, 4.69) is 5.32 Å². The molecule has 1 heterocycles. The second-order valence-electron chi connectivity index (χ2n) is 4.48. The van der Waals surface area contributed by atoms with Gasteiger partial charge in [-0.3, -0.25) is 4.79 Å². The molecular weight excluding hydrogens is 285 g/mol. The second kappa shape index (κ2) is 6.13. The van der Waals surface area contributed by atoms with Crippen LogP contribution in [0.2, 0.25) is 0 Å². The van der Waals surface area contributed by atoms with Crippen LogP contribution in [0.15, 0.2) is 24.3 Å². The first-order chi connectivity index (χ1) is 9.52. The molecule has 1 fully saturated rings. The molecule has 108 valence electrons. The van der Waals surface area contributed by atoms with Gasteiger partial charge in [-0.1, -0.05) is 6.07 Å². The summed E-state index contributed by atoms with van der Waals surface area (Å²) in [5, 5.41) is 11.7. The molecule has 1 atom stereocenters. The summed E-state index contributed by atoms with van der Waals surface area (Å²) in [5.74, 6) is -0.769. The van der Waals surface area contributed by atoms with Crippen molar-refractivity contribution in [2.24, 2.45) is 0 Å². The summed E-state index contributed by atoms with van der Waals surface area (Å²) in [7, 11) is 0. The molecule has 0 bridgehead atoms. The van der Waals surface area contributed by atoms with Gasteiger partial charge in [0.05, 0.1) is 0 Å². The predicted molar refractivity (Wildman–Crippen MR) is 72.3 cm³/mol. The number of carbonyl (C=O) groups excluding carboxylic acids is 1. The molecule has 1 aromatic rings. The van der Waals surface area contributed by atoms with E-state index in [-0.39, 0.29) is 12.4 Å². The Balaban J connectivity index is 1.90. The van der Waals surface area contributed by atoms with E-state index >= 15 is 0 Å². The fourth-order valence-corrected chi connectivity index (χ4v) is 3.22. The van der Waals surface area contributed by atoms with E-state index in [9.17, 15) is 19.1 Å². The van der Waals surface area contributed by atoms with Gasteiger partial charge >= 0.3 is 5.97 Å². The van der Waals surface area contributed by atoms with Gasteiger partial charge in [-0.2, -0.15) is 11.8 Å². The van der Waals surface area contributed by atoms with Crippen molar-refractivity contribution in [3.8, 4) is 5.75 Å². The number of amides is 1. The topological polar surface area (TPSA) is 75.6 Å². The van der Waals surface area contributed by atoms with E-state index in [0.717, 1.165) is 6.07 Å². The highest BCUT2D eigenvalue weighted by atomic mass is 32.2. The lowest BCUT2D eigenvalue weighted by Crippen LogP contribution is -2.55. The van der Waals surface area contributed by atoms with Crippen LogP contribution < -0.4 is 10.1 Å². The number of carboxylic acids is 1. The number of nitrogens with one attached hydrogen (secondary N) is 1. The van der Waals surface area contributed by atoms with Crippen LogP contribution >= 0.6 is 11.8 Å². The SMILES string of the molecule is O=C(COc1cccc(F)c1)NC1(C(=O)O)CCSC1.